The van der Waals surface area contributed by atoms with Gasteiger partial charge in [0.05, 0.1) is 16.7 Å². The summed E-state index contributed by atoms with van der Waals surface area (Å²) in [5.74, 6) is -2.70. The Bertz CT molecular complexity index is 591. The van der Waals surface area contributed by atoms with Crippen LogP contribution < -0.4 is 0 Å². The molecule has 1 N–H and O–H groups in total. The molecule has 1 heterocycles. The molecular formula is C12H10Cl2N2O4. The maximum absolute atomic E-state index is 11.7. The van der Waals surface area contributed by atoms with Gasteiger partial charge in [0, 0.05) is 6.54 Å². The molecule has 1 aliphatic rings. The molecule has 1 saturated heterocycles. The predicted octanol–water partition coefficient (Wildman–Crippen LogP) is 1.21. The van der Waals surface area contributed by atoms with E-state index < -0.39 is 24.3 Å². The molecule has 106 valence electrons. The molecule has 0 saturated carbocycles. The van der Waals surface area contributed by atoms with Gasteiger partial charge in [-0.15, -0.1) is 0 Å². The summed E-state index contributed by atoms with van der Waals surface area (Å²) >= 11 is 11.7. The maximum Gasteiger partial charge on any atom is 0.323 e. The van der Waals surface area contributed by atoms with E-state index in [1.807, 2.05) is 0 Å². The number of rotatable bonds is 4. The highest BCUT2D eigenvalue weighted by Crippen LogP contribution is 2.24. The first-order chi connectivity index (χ1) is 9.38. The second-order valence-electron chi connectivity index (χ2n) is 4.29. The van der Waals surface area contributed by atoms with Crippen molar-refractivity contribution < 1.29 is 19.5 Å². The van der Waals surface area contributed by atoms with Crippen LogP contribution in [0.2, 0.25) is 10.0 Å². The van der Waals surface area contributed by atoms with Crippen molar-refractivity contribution in [3.63, 3.8) is 0 Å². The summed E-state index contributed by atoms with van der Waals surface area (Å²) in [5, 5.41) is 9.41. The molecule has 1 aromatic carbocycles. The lowest BCUT2D eigenvalue weighted by molar-refractivity contribution is -0.146. The van der Waals surface area contributed by atoms with Gasteiger partial charge in [-0.3, -0.25) is 14.4 Å². The minimum Gasteiger partial charge on any atom is -0.480 e. The average Bonchev–Trinajstić information content (AvgIpc) is 2.62. The van der Waals surface area contributed by atoms with E-state index in [-0.39, 0.29) is 13.2 Å². The van der Waals surface area contributed by atoms with Crippen LogP contribution in [0.25, 0.3) is 0 Å². The smallest absolute Gasteiger partial charge is 0.323 e. The second kappa shape index (κ2) is 5.68. The van der Waals surface area contributed by atoms with Crippen molar-refractivity contribution >= 4 is 41.0 Å². The van der Waals surface area contributed by atoms with Gasteiger partial charge in [0.25, 0.3) is 0 Å². The van der Waals surface area contributed by atoms with E-state index in [0.29, 0.717) is 15.6 Å². The van der Waals surface area contributed by atoms with Gasteiger partial charge >= 0.3 is 17.8 Å². The third kappa shape index (κ3) is 3.02. The lowest BCUT2D eigenvalue weighted by Crippen LogP contribution is -2.32. The largest absolute Gasteiger partial charge is 0.480 e. The zero-order valence-electron chi connectivity index (χ0n) is 10.2. The third-order valence-corrected chi connectivity index (χ3v) is 3.52. The third-order valence-electron chi connectivity index (χ3n) is 2.78. The van der Waals surface area contributed by atoms with Crippen molar-refractivity contribution in [2.75, 3.05) is 13.2 Å². The van der Waals surface area contributed by atoms with Crippen LogP contribution in [-0.2, 0) is 20.9 Å². The summed E-state index contributed by atoms with van der Waals surface area (Å²) in [5.41, 5.74) is 0.706. The molecule has 20 heavy (non-hydrogen) atoms. The molecule has 1 fully saturated rings. The first-order valence-corrected chi connectivity index (χ1v) is 6.38. The van der Waals surface area contributed by atoms with Crippen LogP contribution in [-0.4, -0.2) is 45.9 Å². The van der Waals surface area contributed by atoms with E-state index in [9.17, 15) is 14.4 Å². The topological polar surface area (TPSA) is 77.9 Å². The Labute approximate surface area is 124 Å². The minimum atomic E-state index is -1.16. The number of amides is 2. The Morgan fingerprint density at radius 2 is 1.80 bits per heavy atom. The Balaban J connectivity index is 2.10. The summed E-state index contributed by atoms with van der Waals surface area (Å²) in [4.78, 5) is 36.2. The Morgan fingerprint density at radius 3 is 2.40 bits per heavy atom. The van der Waals surface area contributed by atoms with Crippen LogP contribution in [0.4, 0.5) is 0 Å². The van der Waals surface area contributed by atoms with Crippen molar-refractivity contribution in [1.82, 2.24) is 9.80 Å². The average molecular weight is 317 g/mol. The van der Waals surface area contributed by atoms with E-state index in [2.05, 4.69) is 0 Å². The van der Waals surface area contributed by atoms with Crippen molar-refractivity contribution in [3.8, 4) is 0 Å². The lowest BCUT2D eigenvalue weighted by atomic mass is 10.2. The van der Waals surface area contributed by atoms with Crippen molar-refractivity contribution in [3.05, 3.63) is 33.8 Å². The normalized spacial score (nSPS) is 15.1. The molecule has 0 aromatic heterocycles. The number of carboxylic acids is 1. The summed E-state index contributed by atoms with van der Waals surface area (Å²) in [6.45, 7) is -0.385. The first kappa shape index (κ1) is 14.6. The molecular weight excluding hydrogens is 307 g/mol. The van der Waals surface area contributed by atoms with Crippen molar-refractivity contribution in [1.29, 1.82) is 0 Å². The molecule has 6 nitrogen and oxygen atoms in total. The molecule has 1 aromatic rings. The first-order valence-electron chi connectivity index (χ1n) is 5.62. The van der Waals surface area contributed by atoms with Gasteiger partial charge in [-0.05, 0) is 17.7 Å². The van der Waals surface area contributed by atoms with Crippen LogP contribution in [0.1, 0.15) is 5.56 Å². The van der Waals surface area contributed by atoms with Gasteiger partial charge in [-0.2, -0.15) is 0 Å². The molecule has 1 aliphatic heterocycles. The summed E-state index contributed by atoms with van der Waals surface area (Å²) in [6.07, 6.45) is 0. The van der Waals surface area contributed by atoms with Gasteiger partial charge < -0.3 is 14.9 Å². The number of aliphatic carboxylic acids is 1. The monoisotopic (exact) mass is 316 g/mol. The summed E-state index contributed by atoms with van der Waals surface area (Å²) in [6, 6.07) is 4.88. The number of benzene rings is 1. The number of carboxylic acid groups (broad SMARTS) is 1. The second-order valence-corrected chi connectivity index (χ2v) is 5.10. The highest BCUT2D eigenvalue weighted by atomic mass is 35.5. The highest BCUT2D eigenvalue weighted by molar-refractivity contribution is 6.42. The van der Waals surface area contributed by atoms with Crippen molar-refractivity contribution in [2.45, 2.75) is 6.54 Å². The molecule has 0 aliphatic carbocycles. The van der Waals surface area contributed by atoms with Gasteiger partial charge in [0.15, 0.2) is 0 Å². The van der Waals surface area contributed by atoms with Gasteiger partial charge in [-0.25, -0.2) is 0 Å². The number of carbonyl (C=O) groups is 3. The van der Waals surface area contributed by atoms with E-state index in [1.165, 1.54) is 4.90 Å². The predicted molar refractivity (Wildman–Crippen MR) is 71.2 cm³/mol. The molecule has 2 amide bonds. The molecule has 0 unspecified atom stereocenters. The molecule has 0 radical (unpaired) electrons. The van der Waals surface area contributed by atoms with Crippen LogP contribution in [0.3, 0.4) is 0 Å². The fraction of sp³-hybridized carbons (Fsp3) is 0.250. The molecule has 0 bridgehead atoms. The standard InChI is InChI=1S/C12H10Cl2N2O4/c13-8-2-1-7(3-9(8)14)4-15-6-16(5-10(17)18)12(20)11(15)19/h1-3H,4-6H2,(H,17,18). The van der Waals surface area contributed by atoms with Crippen LogP contribution >= 0.6 is 23.2 Å². The number of carbonyl (C=O) groups excluding carboxylic acids is 2. The molecule has 8 heteroatoms. The van der Waals surface area contributed by atoms with Crippen LogP contribution in [0.15, 0.2) is 18.2 Å². The lowest BCUT2D eigenvalue weighted by Gasteiger charge is -2.16. The molecule has 0 atom stereocenters. The number of halogens is 2. The number of hydrogen-bond acceptors (Lipinski definition) is 3. The highest BCUT2D eigenvalue weighted by Gasteiger charge is 2.37. The maximum atomic E-state index is 11.7. The van der Waals surface area contributed by atoms with Crippen LogP contribution in [0, 0.1) is 0 Å². The van der Waals surface area contributed by atoms with Crippen molar-refractivity contribution in [2.24, 2.45) is 0 Å². The SMILES string of the molecule is O=C(O)CN1CN(Cc2ccc(Cl)c(Cl)c2)C(=O)C1=O. The van der Waals surface area contributed by atoms with Gasteiger partial charge in [-0.1, -0.05) is 29.3 Å². The van der Waals surface area contributed by atoms with E-state index >= 15 is 0 Å². The minimum absolute atomic E-state index is 0.0514. The quantitative estimate of drug-likeness (QED) is 0.847. The van der Waals surface area contributed by atoms with E-state index in [0.717, 1.165) is 4.90 Å². The van der Waals surface area contributed by atoms with E-state index in [4.69, 9.17) is 28.3 Å². The summed E-state index contributed by atoms with van der Waals surface area (Å²) in [7, 11) is 0. The molecule has 0 spiro atoms. The van der Waals surface area contributed by atoms with Crippen LogP contribution in [0.5, 0.6) is 0 Å². The molecule has 2 rings (SSSR count). The fourth-order valence-corrected chi connectivity index (χ4v) is 2.19. The zero-order valence-corrected chi connectivity index (χ0v) is 11.7. The number of hydrogen-bond donors (Lipinski definition) is 1. The summed E-state index contributed by atoms with van der Waals surface area (Å²) < 4.78 is 0. The fourth-order valence-electron chi connectivity index (χ4n) is 1.87. The van der Waals surface area contributed by atoms with Gasteiger partial charge in [0.2, 0.25) is 0 Å². The Kier molecular flexibility index (Phi) is 4.15. The zero-order chi connectivity index (χ0) is 14.9. The number of nitrogens with zero attached hydrogens (tertiary/aromatic N) is 2. The Hall–Kier alpha value is -1.79. The van der Waals surface area contributed by atoms with E-state index in [1.54, 1.807) is 18.2 Å². The van der Waals surface area contributed by atoms with Gasteiger partial charge in [0.1, 0.15) is 6.54 Å². The Morgan fingerprint density at radius 1 is 1.15 bits per heavy atom.